The number of rotatable bonds is 3. The molecule has 14 N–H and O–H groups in total. The number of fused-ring (bicyclic) bond motifs is 2. The highest BCUT2D eigenvalue weighted by Gasteiger charge is 2.50. The van der Waals surface area contributed by atoms with Crippen molar-refractivity contribution in [3.8, 4) is 0 Å². The summed E-state index contributed by atoms with van der Waals surface area (Å²) in [4.78, 5) is 24.9. The van der Waals surface area contributed by atoms with E-state index in [-0.39, 0.29) is 57.3 Å². The first-order valence-electron chi connectivity index (χ1n) is 21.6. The minimum Gasteiger partial charge on any atom is -0.481 e. The molecule has 18 heteroatoms. The van der Waals surface area contributed by atoms with E-state index in [4.69, 9.17) is 30.4 Å². The molecule has 356 valence electrons. The van der Waals surface area contributed by atoms with Crippen molar-refractivity contribution in [1.82, 2.24) is 0 Å². The molecule has 18 nitrogen and oxygen atoms in total. The van der Waals surface area contributed by atoms with Crippen molar-refractivity contribution in [2.24, 2.45) is 23.3 Å². The monoisotopic (exact) mass is 894 g/mol. The molecule has 3 aliphatic heterocycles. The third kappa shape index (κ3) is 18.9. The van der Waals surface area contributed by atoms with Crippen LogP contribution in [0.15, 0.2) is 85.1 Å². The quantitative estimate of drug-likeness (QED) is 0.171. The van der Waals surface area contributed by atoms with E-state index in [0.29, 0.717) is 0 Å². The molecule has 0 amide bonds. The summed E-state index contributed by atoms with van der Waals surface area (Å²) >= 11 is 0. The number of ether oxygens (including phenoxy) is 4. The maximum Gasteiger partial charge on any atom is 0.311 e. The van der Waals surface area contributed by atoms with Crippen molar-refractivity contribution in [3.63, 3.8) is 0 Å². The molecule has 12 unspecified atom stereocenters. The van der Waals surface area contributed by atoms with Gasteiger partial charge in [0.25, 0.3) is 0 Å². The zero-order valence-electron chi connectivity index (χ0n) is 36.0. The molecule has 0 aromatic heterocycles. The van der Waals surface area contributed by atoms with Gasteiger partial charge in [-0.2, -0.15) is 0 Å². The summed E-state index contributed by atoms with van der Waals surface area (Å²) < 4.78 is 22.8. The van der Waals surface area contributed by atoms with Gasteiger partial charge in [0.15, 0.2) is 12.1 Å². The van der Waals surface area contributed by atoms with Crippen LogP contribution in [0.2, 0.25) is 0 Å². The number of esters is 1. The maximum atomic E-state index is 12.5. The molecule has 3 heterocycles. The third-order valence-electron chi connectivity index (χ3n) is 11.2. The van der Waals surface area contributed by atoms with Gasteiger partial charge in [0.05, 0.1) is 61.3 Å². The van der Waals surface area contributed by atoms with Crippen molar-refractivity contribution < 1.29 is 79.6 Å². The predicted molar refractivity (Wildman–Crippen MR) is 230 cm³/mol. The number of aliphatic carboxylic acids is 1. The fourth-order valence-corrected chi connectivity index (χ4v) is 7.51. The van der Waals surface area contributed by atoms with Gasteiger partial charge in [0, 0.05) is 31.6 Å². The molecule has 63 heavy (non-hydrogen) atoms. The highest BCUT2D eigenvalue weighted by molar-refractivity contribution is 5.71. The first-order chi connectivity index (χ1) is 29.8. The molecule has 2 fully saturated rings. The summed E-state index contributed by atoms with van der Waals surface area (Å²) in [5, 5.41) is 106. The summed E-state index contributed by atoms with van der Waals surface area (Å²) in [7, 11) is 0. The van der Waals surface area contributed by atoms with Gasteiger partial charge in [-0.05, 0) is 39.0 Å². The van der Waals surface area contributed by atoms with Crippen molar-refractivity contribution in [3.05, 3.63) is 85.1 Å². The van der Waals surface area contributed by atoms with Gasteiger partial charge in [-0.15, -0.1) is 0 Å². The van der Waals surface area contributed by atoms with Gasteiger partial charge >= 0.3 is 11.9 Å². The van der Waals surface area contributed by atoms with Gasteiger partial charge in [-0.3, -0.25) is 9.59 Å². The zero-order valence-corrected chi connectivity index (χ0v) is 36.0. The summed E-state index contributed by atoms with van der Waals surface area (Å²) in [6.45, 7) is 3.46. The van der Waals surface area contributed by atoms with E-state index in [1.54, 1.807) is 67.7 Å². The van der Waals surface area contributed by atoms with Crippen molar-refractivity contribution in [2.75, 3.05) is 0 Å². The average molecular weight is 895 g/mol. The fraction of sp³-hybridized carbons (Fsp3) is 0.644. The number of nitrogens with two attached hydrogens (primary N) is 2. The third-order valence-corrected chi connectivity index (χ3v) is 11.2. The topological polar surface area (TPSA) is 325 Å². The molecule has 0 aliphatic carbocycles. The molecule has 0 spiro atoms. The number of aliphatic hydroxyl groups excluding tert-OH is 8. The first-order valence-corrected chi connectivity index (χ1v) is 21.6. The summed E-state index contributed by atoms with van der Waals surface area (Å²) in [5.74, 6) is -5.94. The molecule has 3 aliphatic rings. The Morgan fingerprint density at radius 3 is 1.89 bits per heavy atom. The molecule has 0 aromatic carbocycles. The number of cyclic esters (lactones) is 1. The second kappa shape index (κ2) is 27.1. The van der Waals surface area contributed by atoms with Crippen LogP contribution in [-0.2, 0) is 28.5 Å². The van der Waals surface area contributed by atoms with Gasteiger partial charge in [0.2, 0.25) is 0 Å². The number of hydrogen-bond donors (Lipinski definition) is 12. The number of carboxylic acids is 1. The fourth-order valence-electron chi connectivity index (χ4n) is 7.51. The van der Waals surface area contributed by atoms with E-state index in [2.05, 4.69) is 0 Å². The van der Waals surface area contributed by atoms with Crippen LogP contribution < -0.4 is 11.5 Å². The number of carbonyl (C=O) groups excluding carboxylic acids is 1. The lowest BCUT2D eigenvalue weighted by Crippen LogP contribution is -2.64. The number of carboxylic acid groups (broad SMARTS) is 1. The Morgan fingerprint density at radius 2 is 1.29 bits per heavy atom. The second-order valence-electron chi connectivity index (χ2n) is 16.7. The van der Waals surface area contributed by atoms with E-state index in [0.717, 1.165) is 0 Å². The number of aliphatic hydroxyl groups is 9. The van der Waals surface area contributed by atoms with Crippen LogP contribution in [0.5, 0.6) is 0 Å². The standard InChI is InChI=1S/C45H70N2O16/c1-27-16-13-11-9-7-5-3-4-6-8-10-12-14-17-31(61-44-41(56)39(46)40(55)42(47)62-44)25-36-38(43(57)58)35(53)26-45(59,63-36)21-15-18-32(50)33(51)20-19-29(48)23-30(49)24-37(54)60-28(2)22-34(27)52/h3-14,16-17,27-36,38-42,44,48-53,55-56,59H,15,18-26,46-47H2,1-2H3,(H,57,58)/b4-3+,7-5+,8-6+,11-9+,12-10+,16-13+,17-14+/t27-,28-,29?,30?,31?,32?,33?,34?,35-,36-,38?,39?,40?,41?,42?,44-,45?/m0/s1. The van der Waals surface area contributed by atoms with Crippen LogP contribution >= 0.6 is 0 Å². The molecular formula is C45H70N2O16. The van der Waals surface area contributed by atoms with Crippen LogP contribution in [0.3, 0.4) is 0 Å². The molecule has 17 atom stereocenters. The van der Waals surface area contributed by atoms with Crippen LogP contribution in [0.4, 0.5) is 0 Å². The Morgan fingerprint density at radius 1 is 0.714 bits per heavy atom. The van der Waals surface area contributed by atoms with Crippen molar-refractivity contribution in [2.45, 2.75) is 170 Å². The average Bonchev–Trinajstić information content (AvgIpc) is 3.19. The minimum atomic E-state index is -2.07. The van der Waals surface area contributed by atoms with Crippen LogP contribution in [0.1, 0.15) is 78.1 Å². The second-order valence-corrected chi connectivity index (χ2v) is 16.7. The number of hydrogen-bond acceptors (Lipinski definition) is 17. The van der Waals surface area contributed by atoms with Crippen LogP contribution in [0.25, 0.3) is 0 Å². The van der Waals surface area contributed by atoms with E-state index in [1.807, 2.05) is 25.2 Å². The Balaban J connectivity index is 1.82. The lowest BCUT2D eigenvalue weighted by Gasteiger charge is -2.44. The Bertz CT molecular complexity index is 1600. The van der Waals surface area contributed by atoms with Gasteiger partial charge in [-0.1, -0.05) is 92.0 Å². The summed E-state index contributed by atoms with van der Waals surface area (Å²) in [5.41, 5.74) is 11.8. The normalized spacial score (nSPS) is 44.2. The molecule has 0 radical (unpaired) electrons. The van der Waals surface area contributed by atoms with Crippen molar-refractivity contribution in [1.29, 1.82) is 0 Å². The van der Waals surface area contributed by atoms with Gasteiger partial charge in [0.1, 0.15) is 30.5 Å². The minimum absolute atomic E-state index is 0.0239. The lowest BCUT2D eigenvalue weighted by atomic mass is 9.83. The smallest absolute Gasteiger partial charge is 0.311 e. The van der Waals surface area contributed by atoms with Crippen LogP contribution in [-0.4, -0.2) is 154 Å². The maximum absolute atomic E-state index is 12.5. The Kier molecular flexibility index (Phi) is 23.2. The zero-order chi connectivity index (χ0) is 46.7. The molecule has 2 bridgehead atoms. The van der Waals surface area contributed by atoms with E-state index < -0.39 is 122 Å². The number of carbonyl (C=O) groups is 2. The first kappa shape index (κ1) is 53.9. The molecule has 2 saturated heterocycles. The molecule has 0 aromatic rings. The van der Waals surface area contributed by atoms with E-state index in [9.17, 15) is 60.7 Å². The molecule has 0 saturated carbocycles. The lowest BCUT2D eigenvalue weighted by molar-refractivity contribution is -0.304. The number of allylic oxidation sites excluding steroid dienone is 12. The Labute approximate surface area is 368 Å². The largest absolute Gasteiger partial charge is 0.481 e. The van der Waals surface area contributed by atoms with Crippen LogP contribution in [0, 0.1) is 11.8 Å². The summed E-state index contributed by atoms with van der Waals surface area (Å²) in [6, 6.07) is -1.24. The highest BCUT2D eigenvalue weighted by Crippen LogP contribution is 2.38. The van der Waals surface area contributed by atoms with Gasteiger partial charge < -0.3 is 81.5 Å². The van der Waals surface area contributed by atoms with Crippen molar-refractivity contribution >= 4 is 11.9 Å². The Hall–Kier alpha value is -3.44. The highest BCUT2D eigenvalue weighted by atomic mass is 16.7. The SMILES string of the molecule is C[C@H]1CC(O)[C@@H](C)/C=C/C=C/C=C/C=C/C=C/C=C/C=C/C(O[C@H]2OC(N)C(O)C(N)C2O)C[C@@H]2OC(O)(CCCC(O)C(O)CCC(O)CC(O)CC(=O)O1)C[C@H](O)C2C(=O)O. The predicted octanol–water partition coefficient (Wildman–Crippen LogP) is 0.391. The van der Waals surface area contributed by atoms with E-state index >= 15 is 0 Å². The summed E-state index contributed by atoms with van der Waals surface area (Å²) in [6.07, 6.45) is 6.72. The van der Waals surface area contributed by atoms with Gasteiger partial charge in [-0.25, -0.2) is 0 Å². The van der Waals surface area contributed by atoms with E-state index in [1.165, 1.54) is 6.08 Å². The molecular weight excluding hydrogens is 824 g/mol. The molecule has 3 rings (SSSR count).